The third-order valence-electron chi connectivity index (χ3n) is 4.76. The summed E-state index contributed by atoms with van der Waals surface area (Å²) in [6.45, 7) is 7.85. The van der Waals surface area contributed by atoms with Gasteiger partial charge < -0.3 is 5.32 Å². The van der Waals surface area contributed by atoms with Crippen molar-refractivity contribution in [2.75, 3.05) is 11.9 Å². The number of aromatic nitrogens is 2. The summed E-state index contributed by atoms with van der Waals surface area (Å²) in [5.41, 5.74) is 1.36. The van der Waals surface area contributed by atoms with E-state index in [-0.39, 0.29) is 5.41 Å². The van der Waals surface area contributed by atoms with E-state index in [2.05, 4.69) is 36.8 Å². The zero-order valence-electron chi connectivity index (χ0n) is 12.6. The summed E-state index contributed by atoms with van der Waals surface area (Å²) < 4.78 is 2.31. The molecule has 0 spiro atoms. The molecule has 1 saturated carbocycles. The first kappa shape index (κ1) is 13.0. The molecule has 1 atom stereocenters. The van der Waals surface area contributed by atoms with Crippen molar-refractivity contribution in [2.24, 2.45) is 5.92 Å². The van der Waals surface area contributed by atoms with E-state index in [9.17, 15) is 0 Å². The fraction of sp³-hybridized carbons (Fsp3) is 0.812. The zero-order chi connectivity index (χ0) is 13.5. The van der Waals surface area contributed by atoms with Crippen molar-refractivity contribution in [2.45, 2.75) is 70.8 Å². The summed E-state index contributed by atoms with van der Waals surface area (Å²) in [5, 5.41) is 8.46. The first-order valence-corrected chi connectivity index (χ1v) is 7.89. The van der Waals surface area contributed by atoms with Crippen molar-refractivity contribution in [3.63, 3.8) is 0 Å². The van der Waals surface area contributed by atoms with Gasteiger partial charge in [0.2, 0.25) is 0 Å². The zero-order valence-corrected chi connectivity index (χ0v) is 12.6. The lowest BCUT2D eigenvalue weighted by Crippen LogP contribution is -2.30. The van der Waals surface area contributed by atoms with Crippen LogP contribution in [0.2, 0.25) is 0 Å². The Morgan fingerprint density at radius 1 is 1.16 bits per heavy atom. The van der Waals surface area contributed by atoms with Gasteiger partial charge in [0.15, 0.2) is 0 Å². The number of hydrogen-bond acceptors (Lipinski definition) is 2. The summed E-state index contributed by atoms with van der Waals surface area (Å²) in [4.78, 5) is 0. The number of hydrogen-bond donors (Lipinski definition) is 1. The lowest BCUT2D eigenvalue weighted by atomic mass is 9.82. The van der Waals surface area contributed by atoms with Gasteiger partial charge in [0.05, 0.1) is 11.7 Å². The molecule has 1 aromatic heterocycles. The van der Waals surface area contributed by atoms with Gasteiger partial charge in [-0.15, -0.1) is 0 Å². The summed E-state index contributed by atoms with van der Waals surface area (Å²) >= 11 is 0. The van der Waals surface area contributed by atoms with E-state index < -0.39 is 0 Å². The van der Waals surface area contributed by atoms with Crippen molar-refractivity contribution in [1.29, 1.82) is 0 Å². The maximum atomic E-state index is 4.93. The fourth-order valence-corrected chi connectivity index (χ4v) is 3.57. The van der Waals surface area contributed by atoms with E-state index >= 15 is 0 Å². The molecule has 0 saturated heterocycles. The van der Waals surface area contributed by atoms with Crippen LogP contribution in [-0.2, 0) is 5.41 Å². The monoisotopic (exact) mass is 261 g/mol. The third kappa shape index (κ3) is 2.52. The van der Waals surface area contributed by atoms with Crippen LogP contribution in [0.25, 0.3) is 0 Å². The molecule has 106 valence electrons. The molecule has 1 aromatic rings. The standard InChI is InChI=1S/C16H27N3/c1-16(2,3)14-11-15-17-10-9-13(19(15)18-14)12-7-5-4-6-8-12/h11-13,17H,4-10H2,1-3H3. The van der Waals surface area contributed by atoms with Gasteiger partial charge in [-0.25, -0.2) is 4.68 Å². The SMILES string of the molecule is CC(C)(C)c1cc2n(n1)C(C1CCCCC1)CCN2. The van der Waals surface area contributed by atoms with Gasteiger partial charge in [0, 0.05) is 18.0 Å². The third-order valence-corrected chi connectivity index (χ3v) is 4.76. The number of nitrogens with zero attached hydrogens (tertiary/aromatic N) is 2. The van der Waals surface area contributed by atoms with Crippen LogP contribution in [0.1, 0.15) is 71.0 Å². The summed E-state index contributed by atoms with van der Waals surface area (Å²) in [5.74, 6) is 2.09. The van der Waals surface area contributed by atoms with E-state index in [1.54, 1.807) is 0 Å². The summed E-state index contributed by atoms with van der Waals surface area (Å²) in [7, 11) is 0. The van der Waals surface area contributed by atoms with Gasteiger partial charge in [-0.3, -0.25) is 0 Å². The van der Waals surface area contributed by atoms with E-state index in [4.69, 9.17) is 5.10 Å². The highest BCUT2D eigenvalue weighted by atomic mass is 15.4. The normalized spacial score (nSPS) is 24.9. The Kier molecular flexibility index (Phi) is 3.32. The molecule has 3 nitrogen and oxygen atoms in total. The molecule has 1 aliphatic heterocycles. The Morgan fingerprint density at radius 2 is 1.89 bits per heavy atom. The van der Waals surface area contributed by atoms with Crippen molar-refractivity contribution in [3.05, 3.63) is 11.8 Å². The molecule has 1 aliphatic carbocycles. The minimum Gasteiger partial charge on any atom is -0.370 e. The Hall–Kier alpha value is -0.990. The van der Waals surface area contributed by atoms with Crippen LogP contribution in [0.4, 0.5) is 5.82 Å². The van der Waals surface area contributed by atoms with Gasteiger partial charge in [0.1, 0.15) is 5.82 Å². The number of anilines is 1. The van der Waals surface area contributed by atoms with E-state index in [0.717, 1.165) is 12.5 Å². The molecule has 19 heavy (non-hydrogen) atoms. The average Bonchev–Trinajstić information content (AvgIpc) is 2.83. The van der Waals surface area contributed by atoms with Gasteiger partial charge >= 0.3 is 0 Å². The molecular formula is C16H27N3. The molecule has 0 radical (unpaired) electrons. The lowest BCUT2D eigenvalue weighted by Gasteiger charge is -2.34. The second kappa shape index (κ2) is 4.84. The minimum atomic E-state index is 0.142. The van der Waals surface area contributed by atoms with Gasteiger partial charge in [-0.1, -0.05) is 40.0 Å². The van der Waals surface area contributed by atoms with Crippen molar-refractivity contribution in [3.8, 4) is 0 Å². The topological polar surface area (TPSA) is 29.9 Å². The van der Waals surface area contributed by atoms with E-state index in [1.165, 1.54) is 50.0 Å². The fourth-order valence-electron chi connectivity index (χ4n) is 3.57. The predicted octanol–water partition coefficient (Wildman–Crippen LogP) is 4.12. The second-order valence-corrected chi connectivity index (χ2v) is 7.29. The van der Waals surface area contributed by atoms with E-state index in [1.807, 2.05) is 0 Å². The molecule has 3 rings (SSSR count). The number of nitrogens with one attached hydrogen (secondary N) is 1. The van der Waals surface area contributed by atoms with Crippen LogP contribution < -0.4 is 5.32 Å². The maximum absolute atomic E-state index is 4.93. The number of rotatable bonds is 1. The Bertz CT molecular complexity index is 435. The predicted molar refractivity (Wildman–Crippen MR) is 79.6 cm³/mol. The molecule has 2 aliphatic rings. The first-order valence-electron chi connectivity index (χ1n) is 7.89. The minimum absolute atomic E-state index is 0.142. The second-order valence-electron chi connectivity index (χ2n) is 7.29. The highest BCUT2D eigenvalue weighted by Crippen LogP contribution is 2.39. The number of fused-ring (bicyclic) bond motifs is 1. The maximum Gasteiger partial charge on any atom is 0.124 e. The van der Waals surface area contributed by atoms with Gasteiger partial charge in [-0.05, 0) is 25.2 Å². The molecular weight excluding hydrogens is 234 g/mol. The van der Waals surface area contributed by atoms with Gasteiger partial charge in [0.25, 0.3) is 0 Å². The first-order chi connectivity index (χ1) is 9.05. The average molecular weight is 261 g/mol. The molecule has 2 heterocycles. The highest BCUT2D eigenvalue weighted by Gasteiger charge is 2.31. The summed E-state index contributed by atoms with van der Waals surface area (Å²) in [6.07, 6.45) is 8.29. The van der Waals surface area contributed by atoms with Gasteiger partial charge in [-0.2, -0.15) is 5.10 Å². The largest absolute Gasteiger partial charge is 0.370 e. The molecule has 0 amide bonds. The van der Waals surface area contributed by atoms with Crippen molar-refractivity contribution in [1.82, 2.24) is 9.78 Å². The Morgan fingerprint density at radius 3 is 2.58 bits per heavy atom. The van der Waals surface area contributed by atoms with Crippen LogP contribution in [0.3, 0.4) is 0 Å². The van der Waals surface area contributed by atoms with Crippen LogP contribution in [0.15, 0.2) is 6.07 Å². The lowest BCUT2D eigenvalue weighted by molar-refractivity contribution is 0.221. The van der Waals surface area contributed by atoms with Crippen molar-refractivity contribution < 1.29 is 0 Å². The van der Waals surface area contributed by atoms with Crippen molar-refractivity contribution >= 4 is 5.82 Å². The molecule has 1 unspecified atom stereocenters. The molecule has 0 aromatic carbocycles. The molecule has 1 fully saturated rings. The molecule has 0 bridgehead atoms. The quantitative estimate of drug-likeness (QED) is 0.824. The Labute approximate surface area is 116 Å². The van der Waals surface area contributed by atoms with Crippen LogP contribution in [0.5, 0.6) is 0 Å². The van der Waals surface area contributed by atoms with Crippen LogP contribution in [-0.4, -0.2) is 16.3 Å². The van der Waals surface area contributed by atoms with Crippen LogP contribution >= 0.6 is 0 Å². The highest BCUT2D eigenvalue weighted by molar-refractivity contribution is 5.41. The smallest absolute Gasteiger partial charge is 0.124 e. The molecule has 3 heteroatoms. The van der Waals surface area contributed by atoms with E-state index in [0.29, 0.717) is 6.04 Å². The molecule has 1 N–H and O–H groups in total. The van der Waals surface area contributed by atoms with Crippen LogP contribution in [0, 0.1) is 5.92 Å². The summed E-state index contributed by atoms with van der Waals surface area (Å²) in [6, 6.07) is 2.89. The Balaban J connectivity index is 1.88.